The van der Waals surface area contributed by atoms with Gasteiger partial charge in [0, 0.05) is 26.7 Å². The average molecular weight is 442 g/mol. The molecule has 1 heterocycles. The SMILES string of the molecule is CCc1cccc(C)c1-n1c(C)cc(C=Nc2ccccc2I)c1C. The first-order chi connectivity index (χ1) is 12.0. The molecular formula is C22H23IN2. The third-order valence-electron chi connectivity index (χ3n) is 4.59. The molecule has 1 aromatic heterocycles. The van der Waals surface area contributed by atoms with Crippen molar-refractivity contribution in [2.24, 2.45) is 4.99 Å². The maximum Gasteiger partial charge on any atom is 0.0763 e. The number of para-hydroxylation sites is 2. The third-order valence-corrected chi connectivity index (χ3v) is 5.50. The van der Waals surface area contributed by atoms with Crippen molar-refractivity contribution in [2.45, 2.75) is 34.1 Å². The molecule has 0 unspecified atom stereocenters. The van der Waals surface area contributed by atoms with E-state index in [2.05, 4.69) is 85.2 Å². The Bertz CT molecular complexity index is 935. The molecule has 128 valence electrons. The van der Waals surface area contributed by atoms with Gasteiger partial charge in [-0.25, -0.2) is 0 Å². The third kappa shape index (κ3) is 3.56. The number of nitrogens with zero attached hydrogens (tertiary/aromatic N) is 2. The summed E-state index contributed by atoms with van der Waals surface area (Å²) < 4.78 is 3.53. The Morgan fingerprint density at radius 2 is 1.80 bits per heavy atom. The quantitative estimate of drug-likeness (QED) is 0.332. The zero-order valence-corrected chi connectivity index (χ0v) is 17.3. The smallest absolute Gasteiger partial charge is 0.0763 e. The van der Waals surface area contributed by atoms with Gasteiger partial charge in [0.2, 0.25) is 0 Å². The van der Waals surface area contributed by atoms with E-state index in [0.29, 0.717) is 0 Å². The molecular weight excluding hydrogens is 419 g/mol. The number of rotatable bonds is 4. The highest BCUT2D eigenvalue weighted by atomic mass is 127. The van der Waals surface area contributed by atoms with Gasteiger partial charge >= 0.3 is 0 Å². The summed E-state index contributed by atoms with van der Waals surface area (Å²) in [6.45, 7) is 8.75. The van der Waals surface area contributed by atoms with Gasteiger partial charge in [-0.1, -0.05) is 37.3 Å². The molecule has 0 spiro atoms. The standard InChI is InChI=1S/C22H23IN2/c1-5-18-10-8-9-15(2)22(18)25-16(3)13-19(17(25)4)14-24-21-12-7-6-11-20(21)23/h6-14H,5H2,1-4H3. The summed E-state index contributed by atoms with van der Waals surface area (Å²) in [7, 11) is 0. The van der Waals surface area contributed by atoms with E-state index < -0.39 is 0 Å². The summed E-state index contributed by atoms with van der Waals surface area (Å²) in [5.41, 5.74) is 8.65. The van der Waals surface area contributed by atoms with E-state index in [4.69, 9.17) is 4.99 Å². The van der Waals surface area contributed by atoms with Gasteiger partial charge in [0.15, 0.2) is 0 Å². The first-order valence-corrected chi connectivity index (χ1v) is 9.67. The second-order valence-corrected chi connectivity index (χ2v) is 7.47. The molecule has 3 aromatic rings. The van der Waals surface area contributed by atoms with Crippen LogP contribution in [0.2, 0.25) is 0 Å². The van der Waals surface area contributed by atoms with E-state index in [1.807, 2.05) is 24.4 Å². The normalized spacial score (nSPS) is 11.4. The van der Waals surface area contributed by atoms with Crippen LogP contribution in [0.25, 0.3) is 5.69 Å². The Balaban J connectivity index is 2.07. The maximum atomic E-state index is 4.70. The number of aromatic nitrogens is 1. The number of aliphatic imine (C=N–C) groups is 1. The molecule has 3 heteroatoms. The molecule has 3 rings (SSSR count). The Labute approximate surface area is 163 Å². The van der Waals surface area contributed by atoms with Crippen LogP contribution >= 0.6 is 22.6 Å². The summed E-state index contributed by atoms with van der Waals surface area (Å²) in [6.07, 6.45) is 3.01. The second-order valence-electron chi connectivity index (χ2n) is 6.31. The molecule has 0 fully saturated rings. The van der Waals surface area contributed by atoms with Gasteiger partial charge < -0.3 is 4.57 Å². The van der Waals surface area contributed by atoms with Crippen LogP contribution in [0.3, 0.4) is 0 Å². The fourth-order valence-corrected chi connectivity index (χ4v) is 3.81. The summed E-state index contributed by atoms with van der Waals surface area (Å²) >= 11 is 2.33. The Morgan fingerprint density at radius 1 is 1.04 bits per heavy atom. The Morgan fingerprint density at radius 3 is 2.52 bits per heavy atom. The van der Waals surface area contributed by atoms with Gasteiger partial charge in [-0.15, -0.1) is 0 Å². The van der Waals surface area contributed by atoms with Crippen LogP contribution in [-0.4, -0.2) is 10.8 Å². The van der Waals surface area contributed by atoms with Crippen LogP contribution in [0.5, 0.6) is 0 Å². The van der Waals surface area contributed by atoms with Gasteiger partial charge in [-0.05, 0) is 79.1 Å². The van der Waals surface area contributed by atoms with Crippen LogP contribution in [-0.2, 0) is 6.42 Å². The average Bonchev–Trinajstić information content (AvgIpc) is 2.88. The zero-order chi connectivity index (χ0) is 18.0. The molecule has 0 amide bonds. The van der Waals surface area contributed by atoms with Gasteiger partial charge in [0.1, 0.15) is 0 Å². The lowest BCUT2D eigenvalue weighted by atomic mass is 10.1. The number of aryl methyl sites for hydroxylation is 3. The van der Waals surface area contributed by atoms with Crippen molar-refractivity contribution in [3.8, 4) is 5.69 Å². The molecule has 0 aliphatic carbocycles. The van der Waals surface area contributed by atoms with Crippen molar-refractivity contribution in [1.82, 2.24) is 4.57 Å². The fraction of sp³-hybridized carbons (Fsp3) is 0.227. The second kappa shape index (κ2) is 7.56. The molecule has 0 N–H and O–H groups in total. The lowest BCUT2D eigenvalue weighted by Gasteiger charge is -2.17. The summed E-state index contributed by atoms with van der Waals surface area (Å²) in [4.78, 5) is 4.70. The predicted molar refractivity (Wildman–Crippen MR) is 116 cm³/mol. The van der Waals surface area contributed by atoms with Crippen molar-refractivity contribution in [1.29, 1.82) is 0 Å². The molecule has 0 saturated heterocycles. The predicted octanol–water partition coefficient (Wildman–Crippen LogP) is 6.32. The van der Waals surface area contributed by atoms with E-state index in [0.717, 1.165) is 15.7 Å². The Hall–Kier alpha value is -1.88. The summed E-state index contributed by atoms with van der Waals surface area (Å²) in [5, 5.41) is 0. The zero-order valence-electron chi connectivity index (χ0n) is 15.2. The van der Waals surface area contributed by atoms with Gasteiger partial charge in [0.05, 0.1) is 11.4 Å². The van der Waals surface area contributed by atoms with Crippen molar-refractivity contribution in [3.05, 3.63) is 80.2 Å². The number of hydrogen-bond acceptors (Lipinski definition) is 1. The van der Waals surface area contributed by atoms with E-state index in [9.17, 15) is 0 Å². The van der Waals surface area contributed by atoms with Crippen molar-refractivity contribution < 1.29 is 0 Å². The molecule has 25 heavy (non-hydrogen) atoms. The lowest BCUT2D eigenvalue weighted by molar-refractivity contribution is 0.926. The van der Waals surface area contributed by atoms with E-state index in [1.165, 1.54) is 33.8 Å². The molecule has 0 aliphatic rings. The van der Waals surface area contributed by atoms with Gasteiger partial charge in [0.25, 0.3) is 0 Å². The van der Waals surface area contributed by atoms with Crippen molar-refractivity contribution in [2.75, 3.05) is 0 Å². The van der Waals surface area contributed by atoms with Crippen LogP contribution < -0.4 is 0 Å². The number of benzene rings is 2. The molecule has 2 aromatic carbocycles. The first-order valence-electron chi connectivity index (χ1n) is 8.59. The summed E-state index contributed by atoms with van der Waals surface area (Å²) in [6, 6.07) is 17.0. The molecule has 0 atom stereocenters. The van der Waals surface area contributed by atoms with E-state index in [-0.39, 0.29) is 0 Å². The highest BCUT2D eigenvalue weighted by Crippen LogP contribution is 2.27. The molecule has 0 bridgehead atoms. The van der Waals surface area contributed by atoms with Crippen LogP contribution in [0.15, 0.2) is 53.5 Å². The number of hydrogen-bond donors (Lipinski definition) is 0. The fourth-order valence-electron chi connectivity index (χ4n) is 3.28. The minimum absolute atomic E-state index is 1.01. The van der Waals surface area contributed by atoms with Crippen LogP contribution in [0, 0.1) is 24.3 Å². The molecule has 0 aliphatic heterocycles. The number of halogens is 1. The molecule has 0 saturated carbocycles. The largest absolute Gasteiger partial charge is 0.317 e. The molecule has 0 radical (unpaired) electrons. The molecule has 2 nitrogen and oxygen atoms in total. The van der Waals surface area contributed by atoms with E-state index in [1.54, 1.807) is 0 Å². The Kier molecular flexibility index (Phi) is 5.42. The first kappa shape index (κ1) is 17.9. The van der Waals surface area contributed by atoms with Crippen molar-refractivity contribution >= 4 is 34.5 Å². The van der Waals surface area contributed by atoms with E-state index >= 15 is 0 Å². The minimum atomic E-state index is 1.01. The monoisotopic (exact) mass is 442 g/mol. The highest BCUT2D eigenvalue weighted by Gasteiger charge is 2.14. The topological polar surface area (TPSA) is 17.3 Å². The van der Waals surface area contributed by atoms with Crippen molar-refractivity contribution in [3.63, 3.8) is 0 Å². The van der Waals surface area contributed by atoms with Crippen LogP contribution in [0.1, 0.15) is 35.0 Å². The maximum absolute atomic E-state index is 4.70. The van der Waals surface area contributed by atoms with Gasteiger partial charge in [-0.2, -0.15) is 0 Å². The lowest BCUT2D eigenvalue weighted by Crippen LogP contribution is -2.05. The minimum Gasteiger partial charge on any atom is -0.317 e. The highest BCUT2D eigenvalue weighted by molar-refractivity contribution is 14.1. The van der Waals surface area contributed by atoms with Gasteiger partial charge in [-0.3, -0.25) is 4.99 Å². The summed E-state index contributed by atoms with van der Waals surface area (Å²) in [5.74, 6) is 0. The van der Waals surface area contributed by atoms with Crippen LogP contribution in [0.4, 0.5) is 5.69 Å².